The van der Waals surface area contributed by atoms with Gasteiger partial charge in [-0.3, -0.25) is 0 Å². The normalized spacial score (nSPS) is 26.3. The number of rotatable bonds is 1. The predicted octanol–water partition coefficient (Wildman–Crippen LogP) is 3.75. The van der Waals surface area contributed by atoms with Gasteiger partial charge in [-0.15, -0.1) is 0 Å². The summed E-state index contributed by atoms with van der Waals surface area (Å²) < 4.78 is 0. The second kappa shape index (κ2) is 5.24. The quantitative estimate of drug-likeness (QED) is 0.689. The second-order valence-corrected chi connectivity index (χ2v) is 7.03. The molecule has 1 fully saturated rings. The molecule has 2 bridgehead atoms. The molecule has 0 radical (unpaired) electrons. The van der Waals surface area contributed by atoms with Gasteiger partial charge in [0, 0.05) is 30.9 Å². The Morgan fingerprint density at radius 2 is 1.78 bits per heavy atom. The molecular weight excluding hydrogens is 280 g/mol. The molecule has 0 unspecified atom stereocenters. The molecule has 6 rings (SSSR count). The minimum atomic E-state index is 0.588. The summed E-state index contributed by atoms with van der Waals surface area (Å²) >= 11 is 0. The van der Waals surface area contributed by atoms with Crippen LogP contribution in [0.4, 0.5) is 5.69 Å². The van der Waals surface area contributed by atoms with Crippen molar-refractivity contribution in [2.45, 2.75) is 31.3 Å². The Hall–Kier alpha value is -2.06. The van der Waals surface area contributed by atoms with Gasteiger partial charge in [0.15, 0.2) is 0 Å². The number of anilines is 1. The topological polar surface area (TPSA) is 15.3 Å². The van der Waals surface area contributed by atoms with Crippen LogP contribution in [-0.4, -0.2) is 25.2 Å². The van der Waals surface area contributed by atoms with Crippen molar-refractivity contribution in [3.8, 4) is 11.1 Å². The zero-order valence-corrected chi connectivity index (χ0v) is 13.3. The Bertz CT molecular complexity index is 777. The van der Waals surface area contributed by atoms with E-state index in [1.54, 1.807) is 0 Å². The van der Waals surface area contributed by atoms with Crippen LogP contribution in [0.5, 0.6) is 0 Å². The van der Waals surface area contributed by atoms with Gasteiger partial charge in [0.1, 0.15) is 0 Å². The summed E-state index contributed by atoms with van der Waals surface area (Å²) in [4.78, 5) is 2.63. The van der Waals surface area contributed by atoms with E-state index in [1.807, 2.05) is 0 Å². The van der Waals surface area contributed by atoms with Gasteiger partial charge in [0.25, 0.3) is 0 Å². The van der Waals surface area contributed by atoms with Crippen molar-refractivity contribution in [3.05, 3.63) is 65.7 Å². The number of nitrogens with one attached hydrogen (secondary N) is 1. The second-order valence-electron chi connectivity index (χ2n) is 7.03. The van der Waals surface area contributed by atoms with Crippen molar-refractivity contribution in [3.63, 3.8) is 0 Å². The van der Waals surface area contributed by atoms with Crippen molar-refractivity contribution in [2.75, 3.05) is 18.0 Å². The van der Waals surface area contributed by atoms with Gasteiger partial charge in [0.2, 0.25) is 0 Å². The first kappa shape index (κ1) is 13.4. The Kier molecular flexibility index (Phi) is 3.05. The maximum Gasteiger partial charge on any atom is 0.0449 e. The molecule has 2 atom stereocenters. The first-order valence-corrected chi connectivity index (χ1v) is 8.75. The third-order valence-electron chi connectivity index (χ3n) is 5.60. The summed E-state index contributed by atoms with van der Waals surface area (Å²) in [5, 5.41) is 3.69. The standard InChI is InChI=1S/C21H22N2/c1-4-8-20-15(5-1)11-16-12-18(9-10-21(16)20)23-14-17-6-2-3-7-19(23)13-22-17/h1-5,8-10,12,17,19,22H,6-7,11,13-14H2/b3-2-/t17-,19-/m0/s1. The van der Waals surface area contributed by atoms with E-state index in [2.05, 4.69) is 64.8 Å². The minimum absolute atomic E-state index is 0.588. The van der Waals surface area contributed by atoms with E-state index in [0.717, 1.165) is 32.4 Å². The molecule has 0 saturated carbocycles. The maximum absolute atomic E-state index is 3.69. The molecule has 4 aliphatic rings. The van der Waals surface area contributed by atoms with Crippen LogP contribution in [0.25, 0.3) is 11.1 Å². The van der Waals surface area contributed by atoms with Gasteiger partial charge in [-0.2, -0.15) is 0 Å². The number of hydrogen-bond donors (Lipinski definition) is 1. The SMILES string of the molecule is C1=C\C[C@H]2CN[C@@H](C/1)CN2c1ccc2c(c1)Cc1ccccc1-2. The van der Waals surface area contributed by atoms with Crippen LogP contribution in [0.1, 0.15) is 24.0 Å². The van der Waals surface area contributed by atoms with Gasteiger partial charge in [-0.1, -0.05) is 42.5 Å². The Balaban J connectivity index is 1.51. The molecule has 0 amide bonds. The molecule has 23 heavy (non-hydrogen) atoms. The van der Waals surface area contributed by atoms with Crippen molar-refractivity contribution in [2.24, 2.45) is 0 Å². The Morgan fingerprint density at radius 1 is 0.913 bits per heavy atom. The Labute approximate surface area is 137 Å². The minimum Gasteiger partial charge on any atom is -0.365 e. The van der Waals surface area contributed by atoms with Crippen molar-refractivity contribution < 1.29 is 0 Å². The van der Waals surface area contributed by atoms with E-state index >= 15 is 0 Å². The van der Waals surface area contributed by atoms with E-state index in [9.17, 15) is 0 Å². The lowest BCUT2D eigenvalue weighted by molar-refractivity contribution is 0.386. The molecule has 1 saturated heterocycles. The largest absolute Gasteiger partial charge is 0.365 e. The van der Waals surface area contributed by atoms with E-state index in [1.165, 1.54) is 27.9 Å². The highest BCUT2D eigenvalue weighted by Crippen LogP contribution is 2.39. The van der Waals surface area contributed by atoms with E-state index < -0.39 is 0 Å². The highest BCUT2D eigenvalue weighted by atomic mass is 15.2. The monoisotopic (exact) mass is 302 g/mol. The Morgan fingerprint density at radius 3 is 2.78 bits per heavy atom. The summed E-state index contributed by atoms with van der Waals surface area (Å²) in [5.74, 6) is 0. The van der Waals surface area contributed by atoms with Gasteiger partial charge < -0.3 is 10.2 Å². The fourth-order valence-corrected chi connectivity index (χ4v) is 4.37. The van der Waals surface area contributed by atoms with Crippen molar-refractivity contribution >= 4 is 5.69 Å². The zero-order chi connectivity index (χ0) is 15.2. The number of hydrogen-bond acceptors (Lipinski definition) is 2. The highest BCUT2D eigenvalue weighted by Gasteiger charge is 2.29. The van der Waals surface area contributed by atoms with Crippen LogP contribution in [0.2, 0.25) is 0 Å². The highest BCUT2D eigenvalue weighted by molar-refractivity contribution is 5.78. The number of benzene rings is 2. The summed E-state index contributed by atoms with van der Waals surface area (Å²) in [6.45, 7) is 2.23. The molecule has 2 aromatic carbocycles. The fourth-order valence-electron chi connectivity index (χ4n) is 4.37. The van der Waals surface area contributed by atoms with Crippen LogP contribution in [0.15, 0.2) is 54.6 Å². The summed E-state index contributed by atoms with van der Waals surface area (Å²) in [6.07, 6.45) is 8.10. The molecule has 0 aromatic heterocycles. The van der Waals surface area contributed by atoms with E-state index in [-0.39, 0.29) is 0 Å². The maximum atomic E-state index is 3.69. The molecule has 2 aromatic rings. The first-order chi connectivity index (χ1) is 11.4. The smallest absolute Gasteiger partial charge is 0.0449 e. The molecule has 116 valence electrons. The lowest BCUT2D eigenvalue weighted by Crippen LogP contribution is -2.57. The molecule has 1 aliphatic carbocycles. The molecular formula is C21H22N2. The third-order valence-corrected chi connectivity index (χ3v) is 5.60. The number of piperazine rings is 1. The van der Waals surface area contributed by atoms with Gasteiger partial charge >= 0.3 is 0 Å². The van der Waals surface area contributed by atoms with Crippen LogP contribution >= 0.6 is 0 Å². The molecule has 2 heteroatoms. The molecule has 1 N–H and O–H groups in total. The first-order valence-electron chi connectivity index (χ1n) is 8.75. The van der Waals surface area contributed by atoms with Crippen LogP contribution < -0.4 is 10.2 Å². The van der Waals surface area contributed by atoms with Crippen LogP contribution in [0, 0.1) is 0 Å². The fraction of sp³-hybridized carbons (Fsp3) is 0.333. The molecule has 3 heterocycles. The van der Waals surface area contributed by atoms with E-state index in [4.69, 9.17) is 0 Å². The molecule has 3 aliphatic heterocycles. The molecule has 2 nitrogen and oxygen atoms in total. The van der Waals surface area contributed by atoms with Crippen LogP contribution in [0.3, 0.4) is 0 Å². The predicted molar refractivity (Wildman–Crippen MR) is 96.0 cm³/mol. The lowest BCUT2D eigenvalue weighted by atomic mass is 9.98. The number of fused-ring (bicyclic) bond motifs is 7. The van der Waals surface area contributed by atoms with E-state index in [0.29, 0.717) is 12.1 Å². The third kappa shape index (κ3) is 2.21. The van der Waals surface area contributed by atoms with Gasteiger partial charge in [-0.25, -0.2) is 0 Å². The number of nitrogens with zero attached hydrogens (tertiary/aromatic N) is 1. The van der Waals surface area contributed by atoms with Gasteiger partial charge in [0.05, 0.1) is 0 Å². The van der Waals surface area contributed by atoms with Crippen LogP contribution in [-0.2, 0) is 6.42 Å². The zero-order valence-electron chi connectivity index (χ0n) is 13.3. The average Bonchev–Trinajstić information content (AvgIpc) is 2.92. The van der Waals surface area contributed by atoms with Gasteiger partial charge in [-0.05, 0) is 53.6 Å². The average molecular weight is 302 g/mol. The van der Waals surface area contributed by atoms with Crippen molar-refractivity contribution in [1.29, 1.82) is 0 Å². The van der Waals surface area contributed by atoms with Crippen molar-refractivity contribution in [1.82, 2.24) is 5.32 Å². The molecule has 0 spiro atoms. The lowest BCUT2D eigenvalue weighted by Gasteiger charge is -2.43. The summed E-state index contributed by atoms with van der Waals surface area (Å²) in [7, 11) is 0. The summed E-state index contributed by atoms with van der Waals surface area (Å²) in [6, 6.07) is 17.1. The summed E-state index contributed by atoms with van der Waals surface area (Å²) in [5.41, 5.74) is 7.22.